The van der Waals surface area contributed by atoms with Crippen molar-refractivity contribution in [2.75, 3.05) is 0 Å². The van der Waals surface area contributed by atoms with Crippen LogP contribution in [-0.4, -0.2) is 5.11 Å². The third-order valence-corrected chi connectivity index (χ3v) is 7.65. The summed E-state index contributed by atoms with van der Waals surface area (Å²) in [5.74, 6) is 1.52. The summed E-state index contributed by atoms with van der Waals surface area (Å²) in [4.78, 5) is 1.41. The molecule has 0 bridgehead atoms. The molecule has 2 atom stereocenters. The molecule has 27 heavy (non-hydrogen) atoms. The second kappa shape index (κ2) is 5.44. The van der Waals surface area contributed by atoms with Gasteiger partial charge in [-0.15, -0.1) is 23.1 Å². The van der Waals surface area contributed by atoms with Crippen molar-refractivity contribution < 1.29 is 14.9 Å². The van der Waals surface area contributed by atoms with E-state index in [1.807, 2.05) is 35.2 Å². The topological polar surface area (TPSA) is 49.4 Å². The Labute approximate surface area is 164 Å². The molecule has 0 amide bonds. The lowest BCUT2D eigenvalue weighted by Crippen LogP contribution is -2.06. The van der Waals surface area contributed by atoms with Gasteiger partial charge in [-0.1, -0.05) is 6.08 Å². The molecule has 0 saturated heterocycles. The van der Waals surface area contributed by atoms with Crippen LogP contribution < -0.4 is 4.74 Å². The Hall–Kier alpha value is -2.63. The summed E-state index contributed by atoms with van der Waals surface area (Å²) in [5, 5.41) is 26.6. The molecule has 3 nitrogen and oxygen atoms in total. The van der Waals surface area contributed by atoms with Crippen LogP contribution >= 0.6 is 23.1 Å². The lowest BCUT2D eigenvalue weighted by molar-refractivity contribution is 0.351. The summed E-state index contributed by atoms with van der Waals surface area (Å²) >= 11 is 3.68. The first-order valence-electron chi connectivity index (χ1n) is 8.67. The van der Waals surface area contributed by atoms with Crippen LogP contribution in [0.25, 0.3) is 11.1 Å². The van der Waals surface area contributed by atoms with Crippen LogP contribution in [0.2, 0.25) is 0 Å². The number of ether oxygens (including phenoxy) is 1. The fraction of sp³-hybridized carbons (Fsp3) is 0.0909. The van der Waals surface area contributed by atoms with Crippen molar-refractivity contribution in [3.63, 3.8) is 0 Å². The van der Waals surface area contributed by atoms with Gasteiger partial charge in [-0.3, -0.25) is 5.11 Å². The SMILES string of the molecule is [O]c1ccc2c(c1)Oc1cc(O)ccc1/C2=C1/c2ccsc2C2SC=CC12. The summed E-state index contributed by atoms with van der Waals surface area (Å²) in [6.07, 6.45) is 2.28. The van der Waals surface area contributed by atoms with Crippen molar-refractivity contribution in [1.82, 2.24) is 0 Å². The molecule has 3 heterocycles. The van der Waals surface area contributed by atoms with Crippen molar-refractivity contribution >= 4 is 34.2 Å². The number of phenols is 1. The van der Waals surface area contributed by atoms with Gasteiger partial charge >= 0.3 is 0 Å². The Balaban J connectivity index is 1.72. The van der Waals surface area contributed by atoms with E-state index in [-0.39, 0.29) is 11.5 Å². The van der Waals surface area contributed by atoms with E-state index in [9.17, 15) is 10.2 Å². The van der Waals surface area contributed by atoms with E-state index < -0.39 is 0 Å². The van der Waals surface area contributed by atoms with E-state index in [0.29, 0.717) is 22.7 Å². The smallest absolute Gasteiger partial charge is 0.182 e. The largest absolute Gasteiger partial charge is 0.508 e. The molecule has 2 aromatic carbocycles. The van der Waals surface area contributed by atoms with Crippen molar-refractivity contribution in [1.29, 1.82) is 0 Å². The van der Waals surface area contributed by atoms with Gasteiger partial charge in [0, 0.05) is 39.6 Å². The number of phenolic OH excluding ortho intramolecular Hbond substituents is 1. The zero-order valence-corrected chi connectivity index (χ0v) is 15.6. The molecule has 0 saturated carbocycles. The molecule has 0 fully saturated rings. The van der Waals surface area contributed by atoms with Crippen LogP contribution in [0.4, 0.5) is 0 Å². The fourth-order valence-corrected chi connectivity index (χ4v) is 6.61. The van der Waals surface area contributed by atoms with Crippen molar-refractivity contribution in [2.24, 2.45) is 5.92 Å². The molecule has 3 aromatic rings. The second-order valence-electron chi connectivity index (χ2n) is 6.84. The Morgan fingerprint density at radius 2 is 1.78 bits per heavy atom. The van der Waals surface area contributed by atoms with E-state index in [2.05, 4.69) is 22.9 Å². The number of thiophene rings is 1. The van der Waals surface area contributed by atoms with Gasteiger partial charge in [-0.2, -0.15) is 0 Å². The maximum atomic E-state index is 11.9. The molecule has 6 rings (SSSR count). The number of benzene rings is 2. The zero-order valence-electron chi connectivity index (χ0n) is 14.0. The second-order valence-corrected chi connectivity index (χ2v) is 8.84. The maximum Gasteiger partial charge on any atom is 0.182 e. The van der Waals surface area contributed by atoms with Crippen molar-refractivity contribution in [2.45, 2.75) is 5.25 Å². The van der Waals surface area contributed by atoms with Gasteiger partial charge in [-0.05, 0) is 52.3 Å². The van der Waals surface area contributed by atoms with E-state index in [4.69, 9.17) is 4.74 Å². The Bertz CT molecular complexity index is 1120. The van der Waals surface area contributed by atoms with E-state index in [1.165, 1.54) is 22.1 Å². The number of thioether (sulfide) groups is 1. The van der Waals surface area contributed by atoms with E-state index in [0.717, 1.165) is 16.7 Å². The normalized spacial score (nSPS) is 24.1. The van der Waals surface area contributed by atoms with Gasteiger partial charge in [0.05, 0.1) is 5.25 Å². The predicted molar refractivity (Wildman–Crippen MR) is 108 cm³/mol. The summed E-state index contributed by atoms with van der Waals surface area (Å²) < 4.78 is 5.99. The van der Waals surface area contributed by atoms with Crippen molar-refractivity contribution in [3.05, 3.63) is 80.9 Å². The molecule has 5 heteroatoms. The van der Waals surface area contributed by atoms with Gasteiger partial charge in [0.15, 0.2) is 5.75 Å². The summed E-state index contributed by atoms with van der Waals surface area (Å²) in [6.45, 7) is 0. The van der Waals surface area contributed by atoms with Gasteiger partial charge in [0.1, 0.15) is 17.2 Å². The lowest BCUT2D eigenvalue weighted by Gasteiger charge is -2.26. The van der Waals surface area contributed by atoms with Gasteiger partial charge in [0.2, 0.25) is 0 Å². The highest BCUT2D eigenvalue weighted by atomic mass is 32.2. The standard InChI is InChI=1S/C22H13O3S2/c23-11-1-3-13-17(9-11)25-18-10-12(24)2-4-14(18)19(13)20-15-5-7-26-21(15)22-16(20)6-8-27-22/h1-10,15,21,23H/b20-19-. The molecule has 2 unspecified atom stereocenters. The third kappa shape index (κ3) is 2.10. The quantitative estimate of drug-likeness (QED) is 0.369. The average molecular weight is 389 g/mol. The van der Waals surface area contributed by atoms with Crippen LogP contribution in [0, 0.1) is 5.92 Å². The molecule has 0 spiro atoms. The highest BCUT2D eigenvalue weighted by molar-refractivity contribution is 8.02. The predicted octanol–water partition coefficient (Wildman–Crippen LogP) is 6.59. The minimum Gasteiger partial charge on any atom is -0.508 e. The number of hydrogen-bond donors (Lipinski definition) is 1. The minimum absolute atomic E-state index is 0.0847. The number of aromatic hydroxyl groups is 1. The zero-order chi connectivity index (χ0) is 18.1. The molecular weight excluding hydrogens is 376 g/mol. The first kappa shape index (κ1) is 15.4. The lowest BCUT2D eigenvalue weighted by atomic mass is 9.84. The Morgan fingerprint density at radius 1 is 0.963 bits per heavy atom. The number of hydrogen-bond acceptors (Lipinski definition) is 4. The average Bonchev–Trinajstić information content (AvgIpc) is 3.34. The minimum atomic E-state index is -0.0847. The summed E-state index contributed by atoms with van der Waals surface area (Å²) in [6, 6.07) is 12.4. The number of rotatable bonds is 0. The first-order chi connectivity index (χ1) is 13.2. The van der Waals surface area contributed by atoms with Crippen LogP contribution in [0.1, 0.15) is 26.8 Å². The van der Waals surface area contributed by atoms with Crippen LogP contribution in [0.3, 0.4) is 0 Å². The van der Waals surface area contributed by atoms with Crippen LogP contribution in [-0.2, 0) is 5.11 Å². The molecule has 1 radical (unpaired) electrons. The molecule has 2 aliphatic heterocycles. The molecule has 1 N–H and O–H groups in total. The first-order valence-corrected chi connectivity index (χ1v) is 10.5. The number of allylic oxidation sites excluding steroid dienone is 2. The molecule has 131 valence electrons. The fourth-order valence-electron chi connectivity index (χ4n) is 4.27. The Kier molecular flexibility index (Phi) is 3.11. The van der Waals surface area contributed by atoms with Crippen molar-refractivity contribution in [3.8, 4) is 23.0 Å². The van der Waals surface area contributed by atoms with Gasteiger partial charge < -0.3 is 9.84 Å². The molecule has 3 aliphatic rings. The highest BCUT2D eigenvalue weighted by Crippen LogP contribution is 2.62. The molecule has 1 aromatic heterocycles. The molecule has 1 aliphatic carbocycles. The monoisotopic (exact) mass is 389 g/mol. The number of fused-ring (bicyclic) bond motifs is 5. The third-order valence-electron chi connectivity index (χ3n) is 5.36. The summed E-state index contributed by atoms with van der Waals surface area (Å²) in [5.41, 5.74) is 5.57. The maximum absolute atomic E-state index is 11.9. The molecular formula is C22H13O3S2. The van der Waals surface area contributed by atoms with Crippen LogP contribution in [0.15, 0.2) is 59.3 Å². The van der Waals surface area contributed by atoms with Gasteiger partial charge in [0.25, 0.3) is 0 Å². The highest BCUT2D eigenvalue weighted by Gasteiger charge is 2.42. The summed E-state index contributed by atoms with van der Waals surface area (Å²) in [7, 11) is 0. The van der Waals surface area contributed by atoms with E-state index >= 15 is 0 Å². The van der Waals surface area contributed by atoms with Gasteiger partial charge in [-0.25, -0.2) is 0 Å². The van der Waals surface area contributed by atoms with E-state index in [1.54, 1.807) is 18.2 Å². The van der Waals surface area contributed by atoms with Crippen LogP contribution in [0.5, 0.6) is 23.0 Å². The Morgan fingerprint density at radius 3 is 2.67 bits per heavy atom.